The molecular weight excluding hydrogens is 368 g/mol. The highest BCUT2D eigenvalue weighted by molar-refractivity contribution is 7.49. The second kappa shape index (κ2) is 7.41. The van der Waals surface area contributed by atoms with E-state index >= 15 is 0 Å². The van der Waals surface area contributed by atoms with Crippen molar-refractivity contribution in [1.82, 2.24) is 0 Å². The summed E-state index contributed by atoms with van der Waals surface area (Å²) in [6.45, 7) is 5.50. The Balaban J connectivity index is 2.02. The fourth-order valence-corrected chi connectivity index (χ4v) is 5.70. The van der Waals surface area contributed by atoms with Crippen LogP contribution in [0.15, 0.2) is 84.4 Å². The third kappa shape index (κ3) is 3.02. The number of esters is 1. The predicted octanol–water partition coefficient (Wildman–Crippen LogP) is 5.95. The molecule has 1 heterocycles. The summed E-state index contributed by atoms with van der Waals surface area (Å²) in [4.78, 5) is 26.1. The number of hydrogen-bond donors (Lipinski definition) is 0. The molecular formula is C24H19O3S+. The summed E-state index contributed by atoms with van der Waals surface area (Å²) in [7, 11) is -0.407. The Labute approximate surface area is 165 Å². The Morgan fingerprint density at radius 1 is 1.00 bits per heavy atom. The second-order valence-corrected chi connectivity index (χ2v) is 8.38. The molecule has 4 heteroatoms. The van der Waals surface area contributed by atoms with Gasteiger partial charge in [0, 0.05) is 10.5 Å². The van der Waals surface area contributed by atoms with Gasteiger partial charge >= 0.3 is 5.97 Å². The SMILES string of the molecule is C=COC(=O)c1ccc(-[s+]2c3ccccc3c(=O)c3cc(CC)ccc32)cc1. The molecule has 0 saturated heterocycles. The molecule has 3 aromatic carbocycles. The highest BCUT2D eigenvalue weighted by atomic mass is 32.2. The van der Waals surface area contributed by atoms with Gasteiger partial charge < -0.3 is 4.74 Å². The molecule has 28 heavy (non-hydrogen) atoms. The monoisotopic (exact) mass is 387 g/mol. The van der Waals surface area contributed by atoms with Gasteiger partial charge in [-0.25, -0.2) is 4.79 Å². The van der Waals surface area contributed by atoms with Gasteiger partial charge in [-0.05, 0) is 60.5 Å². The van der Waals surface area contributed by atoms with Crippen molar-refractivity contribution in [2.24, 2.45) is 0 Å². The minimum Gasteiger partial charge on any atom is -0.432 e. The molecule has 0 aliphatic heterocycles. The van der Waals surface area contributed by atoms with Crippen LogP contribution < -0.4 is 5.43 Å². The highest BCUT2D eigenvalue weighted by Crippen LogP contribution is 2.43. The average Bonchev–Trinajstić information content (AvgIpc) is 2.74. The minimum absolute atomic E-state index is 0.0795. The summed E-state index contributed by atoms with van der Waals surface area (Å²) < 4.78 is 6.90. The van der Waals surface area contributed by atoms with Crippen molar-refractivity contribution in [3.8, 4) is 4.90 Å². The minimum atomic E-state index is -0.433. The Kier molecular flexibility index (Phi) is 4.80. The lowest BCUT2D eigenvalue weighted by atomic mass is 10.1. The quantitative estimate of drug-likeness (QED) is 0.188. The van der Waals surface area contributed by atoms with E-state index in [1.165, 1.54) is 0 Å². The van der Waals surface area contributed by atoms with Crippen LogP contribution in [0.5, 0.6) is 0 Å². The number of carbonyl (C=O) groups excluding carboxylic acids is 1. The Morgan fingerprint density at radius 3 is 2.43 bits per heavy atom. The van der Waals surface area contributed by atoms with Gasteiger partial charge in [0.25, 0.3) is 0 Å². The van der Waals surface area contributed by atoms with E-state index < -0.39 is 16.4 Å². The molecule has 0 N–H and O–H groups in total. The maximum Gasteiger partial charge on any atom is 0.342 e. The van der Waals surface area contributed by atoms with E-state index in [4.69, 9.17) is 4.74 Å². The zero-order chi connectivity index (χ0) is 19.7. The smallest absolute Gasteiger partial charge is 0.342 e. The van der Waals surface area contributed by atoms with Gasteiger partial charge in [-0.15, -0.1) is 0 Å². The fourth-order valence-electron chi connectivity index (χ4n) is 3.37. The van der Waals surface area contributed by atoms with Crippen molar-refractivity contribution >= 4 is 36.6 Å². The molecule has 1 atom stereocenters. The fraction of sp³-hybridized carbons (Fsp3) is 0.0833. The first-order chi connectivity index (χ1) is 13.6. The van der Waals surface area contributed by atoms with Crippen LogP contribution in [0.1, 0.15) is 22.8 Å². The van der Waals surface area contributed by atoms with E-state index in [2.05, 4.69) is 25.6 Å². The summed E-state index contributed by atoms with van der Waals surface area (Å²) in [5.41, 5.74) is 1.70. The zero-order valence-corrected chi connectivity index (χ0v) is 16.3. The van der Waals surface area contributed by atoms with E-state index in [1.807, 2.05) is 42.5 Å². The van der Waals surface area contributed by atoms with E-state index in [1.54, 1.807) is 12.1 Å². The van der Waals surface area contributed by atoms with Gasteiger partial charge in [0.2, 0.25) is 5.43 Å². The Bertz CT molecular complexity index is 1270. The third-order valence-electron chi connectivity index (χ3n) is 4.78. The normalized spacial score (nSPS) is 11.5. The number of benzene rings is 3. The van der Waals surface area contributed by atoms with Crippen LogP contribution in [0.2, 0.25) is 0 Å². The molecule has 0 radical (unpaired) electrons. The van der Waals surface area contributed by atoms with E-state index in [0.29, 0.717) is 5.56 Å². The maximum absolute atomic E-state index is 13.1. The molecule has 1 unspecified atom stereocenters. The van der Waals surface area contributed by atoms with Crippen molar-refractivity contribution in [3.63, 3.8) is 0 Å². The van der Waals surface area contributed by atoms with Crippen molar-refractivity contribution in [2.75, 3.05) is 0 Å². The van der Waals surface area contributed by atoms with Gasteiger partial charge in [-0.2, -0.15) is 0 Å². The van der Waals surface area contributed by atoms with E-state index in [0.717, 1.165) is 43.3 Å². The number of carbonyl (C=O) groups is 1. The lowest BCUT2D eigenvalue weighted by Gasteiger charge is -2.05. The molecule has 0 spiro atoms. The first-order valence-electron chi connectivity index (χ1n) is 9.07. The molecule has 0 fully saturated rings. The lowest BCUT2D eigenvalue weighted by molar-refractivity contribution is 0.0664. The van der Waals surface area contributed by atoms with Crippen LogP contribution in [-0.2, 0) is 11.2 Å². The van der Waals surface area contributed by atoms with Crippen molar-refractivity contribution in [2.45, 2.75) is 13.3 Å². The summed E-state index contributed by atoms with van der Waals surface area (Å²) in [6.07, 6.45) is 2.01. The molecule has 3 nitrogen and oxygen atoms in total. The summed E-state index contributed by atoms with van der Waals surface area (Å²) in [6, 6.07) is 21.4. The molecule has 0 bridgehead atoms. The topological polar surface area (TPSA) is 43.4 Å². The third-order valence-corrected chi connectivity index (χ3v) is 7.12. The van der Waals surface area contributed by atoms with Crippen molar-refractivity contribution in [3.05, 3.63) is 101 Å². The first-order valence-corrected chi connectivity index (χ1v) is 10.3. The highest BCUT2D eigenvalue weighted by Gasteiger charge is 2.23. The van der Waals surface area contributed by atoms with Crippen LogP contribution in [0.25, 0.3) is 25.1 Å². The van der Waals surface area contributed by atoms with Crippen LogP contribution >= 0.6 is 10.5 Å². The Morgan fingerprint density at radius 2 is 1.71 bits per heavy atom. The average molecular weight is 387 g/mol. The van der Waals surface area contributed by atoms with Gasteiger partial charge in [-0.3, -0.25) is 4.79 Å². The van der Waals surface area contributed by atoms with Crippen molar-refractivity contribution < 1.29 is 9.53 Å². The van der Waals surface area contributed by atoms with Crippen molar-refractivity contribution in [1.29, 1.82) is 0 Å². The van der Waals surface area contributed by atoms with Gasteiger partial charge in [0.15, 0.2) is 14.3 Å². The van der Waals surface area contributed by atoms with Crippen LogP contribution in [0.4, 0.5) is 0 Å². The van der Waals surface area contributed by atoms with Gasteiger partial charge in [-0.1, -0.05) is 31.7 Å². The zero-order valence-electron chi connectivity index (χ0n) is 15.5. The number of hydrogen-bond acceptors (Lipinski definition) is 3. The number of aryl methyl sites for hydroxylation is 1. The van der Waals surface area contributed by atoms with E-state index in [-0.39, 0.29) is 5.43 Å². The van der Waals surface area contributed by atoms with Gasteiger partial charge in [0.1, 0.15) is 0 Å². The Hall–Kier alpha value is -3.24. The van der Waals surface area contributed by atoms with Crippen LogP contribution in [-0.4, -0.2) is 5.97 Å². The lowest BCUT2D eigenvalue weighted by Crippen LogP contribution is -2.03. The summed E-state index contributed by atoms with van der Waals surface area (Å²) >= 11 is 0. The maximum atomic E-state index is 13.1. The number of rotatable bonds is 4. The molecule has 0 aliphatic rings. The summed E-state index contributed by atoms with van der Waals surface area (Å²) in [5.74, 6) is -0.433. The molecule has 4 rings (SSSR count). The van der Waals surface area contributed by atoms with E-state index in [9.17, 15) is 9.59 Å². The molecule has 138 valence electrons. The molecule has 0 aliphatic carbocycles. The van der Waals surface area contributed by atoms with Gasteiger partial charge in [0.05, 0.1) is 22.6 Å². The largest absolute Gasteiger partial charge is 0.432 e. The number of fused-ring (bicyclic) bond motifs is 2. The van der Waals surface area contributed by atoms with Crippen LogP contribution in [0, 0.1) is 0 Å². The number of ether oxygens (including phenoxy) is 1. The standard InChI is InChI=1S/C24H19O3S/c1-3-16-9-14-22-20(15-16)23(25)19-7-5-6-8-21(19)28(22)18-12-10-17(11-13-18)24(26)27-4-2/h4-15H,2-3H2,1H3/q+1. The second-order valence-electron chi connectivity index (χ2n) is 6.41. The molecule has 4 aromatic rings. The summed E-state index contributed by atoms with van der Waals surface area (Å²) in [5, 5.41) is 1.53. The molecule has 0 amide bonds. The molecule has 1 aromatic heterocycles. The molecule has 0 saturated carbocycles. The predicted molar refractivity (Wildman–Crippen MR) is 117 cm³/mol. The van der Waals surface area contributed by atoms with Crippen LogP contribution in [0.3, 0.4) is 0 Å². The first kappa shape index (κ1) is 18.1.